The summed E-state index contributed by atoms with van der Waals surface area (Å²) in [5, 5.41) is 9.02. The van der Waals surface area contributed by atoms with Gasteiger partial charge >= 0.3 is 0 Å². The molecule has 7 nitrogen and oxygen atoms in total. The van der Waals surface area contributed by atoms with Gasteiger partial charge in [0.05, 0.1) is 5.92 Å². The topological polar surface area (TPSA) is 68.9 Å². The summed E-state index contributed by atoms with van der Waals surface area (Å²) < 4.78 is 1.86. The van der Waals surface area contributed by atoms with Crippen LogP contribution in [0.25, 0.3) is 0 Å². The van der Waals surface area contributed by atoms with E-state index in [1.54, 1.807) is 0 Å². The van der Waals surface area contributed by atoms with Gasteiger partial charge in [-0.3, -0.25) is 9.59 Å². The summed E-state index contributed by atoms with van der Waals surface area (Å²) in [6, 6.07) is 11.7. The lowest BCUT2D eigenvalue weighted by Crippen LogP contribution is -2.44. The van der Waals surface area contributed by atoms with Crippen LogP contribution in [-0.2, 0) is 16.3 Å². The number of nitrogens with zero attached hydrogens (tertiary/aromatic N) is 4. The molecule has 1 aromatic carbocycles. The van der Waals surface area contributed by atoms with E-state index in [0.717, 1.165) is 29.9 Å². The third-order valence-electron chi connectivity index (χ3n) is 5.64. The van der Waals surface area contributed by atoms with Crippen LogP contribution >= 0.6 is 0 Å². The maximum atomic E-state index is 13.6. The van der Waals surface area contributed by atoms with Gasteiger partial charge in [0, 0.05) is 43.2 Å². The lowest BCUT2D eigenvalue weighted by atomic mass is 10.00. The Morgan fingerprint density at radius 3 is 2.20 bits per heavy atom. The minimum atomic E-state index is -0.503. The van der Waals surface area contributed by atoms with E-state index in [4.69, 9.17) is 0 Å². The molecule has 1 N–H and O–H groups in total. The minimum absolute atomic E-state index is 0.117. The van der Waals surface area contributed by atoms with E-state index < -0.39 is 5.92 Å². The first-order chi connectivity index (χ1) is 16.6. The van der Waals surface area contributed by atoms with Gasteiger partial charge in [-0.25, -0.2) is 0 Å². The fourth-order valence-corrected chi connectivity index (χ4v) is 4.15. The largest absolute Gasteiger partial charge is 0.325 e. The minimum Gasteiger partial charge on any atom is -0.325 e. The molecule has 7 heteroatoms. The molecule has 0 saturated heterocycles. The van der Waals surface area contributed by atoms with E-state index in [2.05, 4.69) is 49.1 Å². The van der Waals surface area contributed by atoms with Crippen LogP contribution in [0.2, 0.25) is 0 Å². The molecule has 35 heavy (non-hydrogen) atoms. The van der Waals surface area contributed by atoms with Gasteiger partial charge in [-0.2, -0.15) is 14.7 Å². The zero-order valence-electron chi connectivity index (χ0n) is 22.4. The van der Waals surface area contributed by atoms with Crippen molar-refractivity contribution in [3.05, 3.63) is 59.9 Å². The molecule has 2 aromatic rings. The van der Waals surface area contributed by atoms with Gasteiger partial charge in [-0.05, 0) is 44.2 Å². The molecule has 2 amide bonds. The number of anilines is 1. The number of carbonyl (C=O) groups excluding carboxylic acids is 2. The summed E-state index contributed by atoms with van der Waals surface area (Å²) in [5.74, 6) is 0.315. The number of rotatable bonds is 13. The number of hydrogen-bond acceptors (Lipinski definition) is 4. The second kappa shape index (κ2) is 13.7. The number of nitrogens with one attached hydrogen (secondary N) is 1. The van der Waals surface area contributed by atoms with Crippen LogP contribution in [0.4, 0.5) is 5.69 Å². The lowest BCUT2D eigenvalue weighted by molar-refractivity contribution is -0.712. The zero-order valence-corrected chi connectivity index (χ0v) is 22.4. The highest BCUT2D eigenvalue weighted by Crippen LogP contribution is 2.19. The quantitative estimate of drug-likeness (QED) is 0.202. The summed E-state index contributed by atoms with van der Waals surface area (Å²) in [7, 11) is 0. The highest BCUT2D eigenvalue weighted by molar-refractivity contribution is 6.09. The van der Waals surface area contributed by atoms with Crippen LogP contribution in [0, 0.1) is 31.6 Å². The molecule has 0 aliphatic carbocycles. The molecule has 0 aliphatic rings. The van der Waals surface area contributed by atoms with Crippen LogP contribution < -0.4 is 9.88 Å². The molecule has 0 aliphatic heterocycles. The molecule has 1 atom stereocenters. The summed E-state index contributed by atoms with van der Waals surface area (Å²) >= 11 is 0. The Hall–Kier alpha value is -3.06. The van der Waals surface area contributed by atoms with Crippen molar-refractivity contribution < 1.29 is 14.2 Å². The van der Waals surface area contributed by atoms with Crippen molar-refractivity contribution in [3.63, 3.8) is 0 Å². The number of benzene rings is 1. The molecule has 1 aromatic heterocycles. The first-order valence-corrected chi connectivity index (χ1v) is 12.4. The normalized spacial score (nSPS) is 12.8. The predicted octanol–water partition coefficient (Wildman–Crippen LogP) is 4.25. The van der Waals surface area contributed by atoms with E-state index in [9.17, 15) is 9.59 Å². The van der Waals surface area contributed by atoms with Gasteiger partial charge in [-0.15, -0.1) is 0 Å². The lowest BCUT2D eigenvalue weighted by Gasteiger charge is -2.30. The average Bonchev–Trinajstić information content (AvgIpc) is 2.78. The Morgan fingerprint density at radius 2 is 1.66 bits per heavy atom. The van der Waals surface area contributed by atoms with E-state index >= 15 is 0 Å². The third kappa shape index (κ3) is 9.61. The highest BCUT2D eigenvalue weighted by atomic mass is 16.2. The Kier molecular flexibility index (Phi) is 11.1. The van der Waals surface area contributed by atoms with E-state index in [0.29, 0.717) is 30.5 Å². The first kappa shape index (κ1) is 28.2. The smallest absolute Gasteiger partial charge is 0.245 e. The third-order valence-corrected chi connectivity index (χ3v) is 5.64. The SMILES string of the molecule is C/C(=N/N(C=O)C[n+]1ccccc1)C(CN(CC(C)C)CC(C)C)C(=O)Nc1ccc(C)cc1C. The maximum absolute atomic E-state index is 13.6. The van der Waals surface area contributed by atoms with Crippen molar-refractivity contribution in [3.8, 4) is 0 Å². The van der Waals surface area contributed by atoms with Crippen molar-refractivity contribution >= 4 is 23.7 Å². The van der Waals surface area contributed by atoms with Crippen molar-refractivity contribution in [2.75, 3.05) is 25.0 Å². The van der Waals surface area contributed by atoms with Gasteiger partial charge in [0.15, 0.2) is 12.4 Å². The fraction of sp³-hybridized carbons (Fsp3) is 0.500. The molecule has 0 bridgehead atoms. The Labute approximate surface area is 210 Å². The molecule has 1 unspecified atom stereocenters. The van der Waals surface area contributed by atoms with Crippen molar-refractivity contribution in [2.24, 2.45) is 22.9 Å². The van der Waals surface area contributed by atoms with Gasteiger partial charge < -0.3 is 10.2 Å². The van der Waals surface area contributed by atoms with Crippen molar-refractivity contribution in [2.45, 2.75) is 55.1 Å². The van der Waals surface area contributed by atoms with Crippen molar-refractivity contribution in [1.29, 1.82) is 0 Å². The van der Waals surface area contributed by atoms with Gasteiger partial charge in [0.1, 0.15) is 0 Å². The molecular weight excluding hydrogens is 438 g/mol. The summed E-state index contributed by atoms with van der Waals surface area (Å²) in [6.45, 7) is 17.2. The van der Waals surface area contributed by atoms with E-state index in [1.165, 1.54) is 5.01 Å². The summed E-state index contributed by atoms with van der Waals surface area (Å²) in [4.78, 5) is 27.7. The fourth-order valence-electron chi connectivity index (χ4n) is 4.15. The van der Waals surface area contributed by atoms with E-state index in [1.807, 2.05) is 68.1 Å². The number of pyridine rings is 1. The molecule has 0 spiro atoms. The van der Waals surface area contributed by atoms with E-state index in [-0.39, 0.29) is 12.6 Å². The molecular formula is C28H42N5O2+. The molecule has 2 rings (SSSR count). The predicted molar refractivity (Wildman–Crippen MR) is 142 cm³/mol. The second-order valence-corrected chi connectivity index (χ2v) is 10.2. The molecule has 190 valence electrons. The van der Waals surface area contributed by atoms with Gasteiger partial charge in [0.25, 0.3) is 0 Å². The molecule has 0 radical (unpaired) electrons. The first-order valence-electron chi connectivity index (χ1n) is 12.4. The zero-order chi connectivity index (χ0) is 26.0. The maximum Gasteiger partial charge on any atom is 0.245 e. The number of carbonyl (C=O) groups is 2. The molecule has 1 heterocycles. The number of amides is 2. The molecule has 0 saturated carbocycles. The monoisotopic (exact) mass is 480 g/mol. The standard InChI is InChI=1S/C28H41N5O2/c1-21(2)16-32(17-22(3)4)18-26(28(35)29-27-12-11-23(5)15-24(27)6)25(7)30-33(20-34)19-31-13-9-8-10-14-31/h8-15,20-22,26H,16-19H2,1-7H3/p+1/b30-25-. The van der Waals surface area contributed by atoms with Crippen LogP contribution in [0.3, 0.4) is 0 Å². The van der Waals surface area contributed by atoms with Crippen molar-refractivity contribution in [1.82, 2.24) is 9.91 Å². The van der Waals surface area contributed by atoms with Crippen LogP contribution in [0.15, 0.2) is 53.9 Å². The average molecular weight is 481 g/mol. The van der Waals surface area contributed by atoms with Gasteiger partial charge in [-0.1, -0.05) is 51.5 Å². The highest BCUT2D eigenvalue weighted by Gasteiger charge is 2.27. The number of aromatic nitrogens is 1. The summed E-state index contributed by atoms with van der Waals surface area (Å²) in [5.41, 5.74) is 3.57. The number of hydrogen-bond donors (Lipinski definition) is 1. The van der Waals surface area contributed by atoms with Crippen LogP contribution in [0.5, 0.6) is 0 Å². The Morgan fingerprint density at radius 1 is 1.03 bits per heavy atom. The Balaban J connectivity index is 2.34. The summed E-state index contributed by atoms with van der Waals surface area (Å²) in [6.07, 6.45) is 4.44. The second-order valence-electron chi connectivity index (χ2n) is 10.2. The van der Waals surface area contributed by atoms with Crippen LogP contribution in [-0.4, -0.2) is 47.6 Å². The number of hydrazone groups is 1. The van der Waals surface area contributed by atoms with Gasteiger partial charge in [0.2, 0.25) is 19.0 Å². The number of aryl methyl sites for hydroxylation is 2. The Bertz CT molecular complexity index is 978. The van der Waals surface area contributed by atoms with Crippen LogP contribution in [0.1, 0.15) is 45.7 Å². The molecule has 0 fully saturated rings.